The van der Waals surface area contributed by atoms with Crippen molar-refractivity contribution in [1.29, 1.82) is 0 Å². The topological polar surface area (TPSA) is 96.9 Å². The minimum Gasteiger partial charge on any atom is -0.504 e. The molecule has 0 spiro atoms. The van der Waals surface area contributed by atoms with Gasteiger partial charge in [-0.25, -0.2) is 9.59 Å². The number of hydrogen-bond donors (Lipinski definition) is 3. The van der Waals surface area contributed by atoms with E-state index in [0.717, 1.165) is 6.42 Å². The van der Waals surface area contributed by atoms with Gasteiger partial charge >= 0.3 is 12.0 Å². The van der Waals surface area contributed by atoms with Crippen LogP contribution >= 0.6 is 0 Å². The van der Waals surface area contributed by atoms with Crippen molar-refractivity contribution in [3.8, 4) is 11.5 Å². The summed E-state index contributed by atoms with van der Waals surface area (Å²) in [5.74, 6) is -0.218. The van der Waals surface area contributed by atoms with Crippen molar-refractivity contribution in [3.05, 3.63) is 47.2 Å². The number of rotatable bonds is 8. The number of carbonyl (C=O) groups is 2. The van der Waals surface area contributed by atoms with E-state index in [4.69, 9.17) is 9.47 Å². The van der Waals surface area contributed by atoms with Gasteiger partial charge in [0.25, 0.3) is 0 Å². The molecule has 0 saturated carbocycles. The highest BCUT2D eigenvalue weighted by atomic mass is 16.5. The molecule has 7 nitrogen and oxygen atoms in total. The SMILES string of the molecule is C=CCc1cc(C2NC(=O)NC(CCC)=C2C(=O)OCC)cc(OC)c1O. The van der Waals surface area contributed by atoms with Crippen molar-refractivity contribution in [2.24, 2.45) is 0 Å². The molecule has 0 fully saturated rings. The predicted molar refractivity (Wildman–Crippen MR) is 102 cm³/mol. The first-order valence-electron chi connectivity index (χ1n) is 8.95. The number of phenolic OH excluding ortho intramolecular Hbond substituents is 1. The molecule has 1 aliphatic heterocycles. The quantitative estimate of drug-likeness (QED) is 0.480. The fourth-order valence-electron chi connectivity index (χ4n) is 3.09. The first-order valence-corrected chi connectivity index (χ1v) is 8.95. The van der Waals surface area contributed by atoms with E-state index in [9.17, 15) is 14.7 Å². The molecule has 0 aliphatic carbocycles. The van der Waals surface area contributed by atoms with E-state index in [1.54, 1.807) is 25.1 Å². The van der Waals surface area contributed by atoms with E-state index in [1.807, 2.05) is 6.92 Å². The van der Waals surface area contributed by atoms with E-state index >= 15 is 0 Å². The lowest BCUT2D eigenvalue weighted by Gasteiger charge is -2.30. The number of benzene rings is 1. The van der Waals surface area contributed by atoms with Crippen molar-refractivity contribution in [2.45, 2.75) is 39.2 Å². The number of urea groups is 1. The summed E-state index contributed by atoms with van der Waals surface area (Å²) < 4.78 is 10.5. The first-order chi connectivity index (χ1) is 13.0. The third-order valence-corrected chi connectivity index (χ3v) is 4.24. The Morgan fingerprint density at radius 2 is 2.11 bits per heavy atom. The van der Waals surface area contributed by atoms with Crippen molar-refractivity contribution >= 4 is 12.0 Å². The molecule has 146 valence electrons. The molecular weight excluding hydrogens is 348 g/mol. The number of methoxy groups -OCH3 is 1. The number of esters is 1. The lowest BCUT2D eigenvalue weighted by Crippen LogP contribution is -2.46. The highest BCUT2D eigenvalue weighted by Crippen LogP contribution is 2.37. The van der Waals surface area contributed by atoms with Crippen LogP contribution in [0.5, 0.6) is 11.5 Å². The molecule has 1 aromatic carbocycles. The van der Waals surface area contributed by atoms with Crippen LogP contribution in [0.15, 0.2) is 36.1 Å². The van der Waals surface area contributed by atoms with E-state index in [1.165, 1.54) is 7.11 Å². The summed E-state index contributed by atoms with van der Waals surface area (Å²) in [7, 11) is 1.45. The van der Waals surface area contributed by atoms with Crippen LogP contribution in [0.2, 0.25) is 0 Å². The summed E-state index contributed by atoms with van der Waals surface area (Å²) in [5, 5.41) is 15.8. The number of ether oxygens (including phenoxy) is 2. The van der Waals surface area contributed by atoms with E-state index in [0.29, 0.717) is 35.2 Å². The van der Waals surface area contributed by atoms with E-state index in [2.05, 4.69) is 17.2 Å². The second-order valence-corrected chi connectivity index (χ2v) is 6.12. The average molecular weight is 374 g/mol. The van der Waals surface area contributed by atoms with Crippen LogP contribution in [0, 0.1) is 0 Å². The standard InChI is InChI=1S/C20H26N2O5/c1-5-8-12-10-13(11-15(26-4)18(12)23)17-16(19(24)27-7-3)14(9-6-2)21-20(25)22-17/h5,10-11,17,23H,1,6-9H2,2-4H3,(H2,21,22,25). The second-order valence-electron chi connectivity index (χ2n) is 6.12. The van der Waals surface area contributed by atoms with Crippen LogP contribution in [0.4, 0.5) is 4.79 Å². The second kappa shape index (κ2) is 9.12. The molecule has 0 radical (unpaired) electrons. The van der Waals surface area contributed by atoms with E-state index < -0.39 is 18.0 Å². The van der Waals surface area contributed by atoms with Crippen molar-refractivity contribution < 1.29 is 24.2 Å². The average Bonchev–Trinajstić information content (AvgIpc) is 2.63. The maximum atomic E-state index is 12.6. The fourth-order valence-corrected chi connectivity index (χ4v) is 3.09. The molecule has 1 atom stereocenters. The number of aromatic hydroxyl groups is 1. The Hall–Kier alpha value is -2.96. The minimum absolute atomic E-state index is 0.0110. The lowest BCUT2D eigenvalue weighted by molar-refractivity contribution is -0.139. The lowest BCUT2D eigenvalue weighted by atomic mass is 9.91. The molecule has 2 amide bonds. The number of hydrogen-bond acceptors (Lipinski definition) is 5. The Labute approximate surface area is 159 Å². The van der Waals surface area contributed by atoms with Crippen LogP contribution < -0.4 is 15.4 Å². The minimum atomic E-state index is -0.711. The normalized spacial score (nSPS) is 16.4. The van der Waals surface area contributed by atoms with Crippen LogP contribution in [0.3, 0.4) is 0 Å². The van der Waals surface area contributed by atoms with Crippen LogP contribution in [0.25, 0.3) is 0 Å². The zero-order valence-electron chi connectivity index (χ0n) is 15.9. The smallest absolute Gasteiger partial charge is 0.338 e. The molecule has 0 bridgehead atoms. The molecule has 1 aromatic rings. The maximum Gasteiger partial charge on any atom is 0.338 e. The Balaban J connectivity index is 2.63. The zero-order chi connectivity index (χ0) is 20.0. The number of amides is 2. The monoisotopic (exact) mass is 374 g/mol. The van der Waals surface area contributed by atoms with Gasteiger partial charge in [-0.05, 0) is 37.5 Å². The third-order valence-electron chi connectivity index (χ3n) is 4.24. The molecule has 3 N–H and O–H groups in total. The van der Waals surface area contributed by atoms with Gasteiger partial charge < -0.3 is 25.2 Å². The zero-order valence-corrected chi connectivity index (χ0v) is 15.9. The van der Waals surface area contributed by atoms with E-state index in [-0.39, 0.29) is 18.1 Å². The summed E-state index contributed by atoms with van der Waals surface area (Å²) in [6.45, 7) is 7.61. The summed E-state index contributed by atoms with van der Waals surface area (Å²) in [6, 6.07) is 2.24. The summed E-state index contributed by atoms with van der Waals surface area (Å²) >= 11 is 0. The van der Waals surface area contributed by atoms with Gasteiger partial charge in [-0.15, -0.1) is 6.58 Å². The molecule has 1 aliphatic rings. The Morgan fingerprint density at radius 1 is 1.37 bits per heavy atom. The van der Waals surface area contributed by atoms with Gasteiger partial charge in [0.1, 0.15) is 0 Å². The van der Waals surface area contributed by atoms with Gasteiger partial charge in [0, 0.05) is 11.3 Å². The van der Waals surface area contributed by atoms with Crippen LogP contribution in [-0.4, -0.2) is 30.8 Å². The van der Waals surface area contributed by atoms with Gasteiger partial charge in [-0.2, -0.15) is 0 Å². The molecule has 0 saturated heterocycles. The number of phenols is 1. The molecule has 7 heteroatoms. The van der Waals surface area contributed by atoms with Crippen LogP contribution in [-0.2, 0) is 16.0 Å². The Morgan fingerprint density at radius 3 is 2.70 bits per heavy atom. The van der Waals surface area contributed by atoms with Crippen molar-refractivity contribution in [3.63, 3.8) is 0 Å². The molecule has 1 heterocycles. The highest BCUT2D eigenvalue weighted by molar-refractivity contribution is 5.95. The predicted octanol–water partition coefficient (Wildman–Crippen LogP) is 3.10. The third kappa shape index (κ3) is 4.42. The highest BCUT2D eigenvalue weighted by Gasteiger charge is 2.34. The van der Waals surface area contributed by atoms with Crippen molar-refractivity contribution in [1.82, 2.24) is 10.6 Å². The van der Waals surface area contributed by atoms with Crippen molar-refractivity contribution in [2.75, 3.05) is 13.7 Å². The summed E-state index contributed by atoms with van der Waals surface area (Å²) in [6.07, 6.45) is 3.36. The largest absolute Gasteiger partial charge is 0.504 e. The van der Waals surface area contributed by atoms with Gasteiger partial charge in [0.05, 0.1) is 25.3 Å². The Kier molecular flexibility index (Phi) is 6.87. The molecule has 2 rings (SSSR count). The Bertz CT molecular complexity index is 770. The van der Waals surface area contributed by atoms with Crippen LogP contribution in [0.1, 0.15) is 43.9 Å². The summed E-state index contributed by atoms with van der Waals surface area (Å²) in [5.41, 5.74) is 2.11. The molecule has 27 heavy (non-hydrogen) atoms. The van der Waals surface area contributed by atoms with Gasteiger partial charge in [0.15, 0.2) is 11.5 Å². The molecule has 1 unspecified atom stereocenters. The number of carbonyl (C=O) groups excluding carboxylic acids is 2. The molecule has 0 aromatic heterocycles. The maximum absolute atomic E-state index is 12.6. The number of allylic oxidation sites excluding steroid dienone is 2. The van der Waals surface area contributed by atoms with Gasteiger partial charge in [-0.3, -0.25) is 0 Å². The first kappa shape index (κ1) is 20.4. The number of nitrogens with one attached hydrogen (secondary N) is 2. The van der Waals surface area contributed by atoms with Gasteiger partial charge in [0.2, 0.25) is 0 Å². The fraction of sp³-hybridized carbons (Fsp3) is 0.400. The molecular formula is C20H26N2O5. The van der Waals surface area contributed by atoms with Gasteiger partial charge in [-0.1, -0.05) is 19.4 Å². The summed E-state index contributed by atoms with van der Waals surface area (Å²) in [4.78, 5) is 24.8.